The number of benzene rings is 1. The summed E-state index contributed by atoms with van der Waals surface area (Å²) in [5, 5.41) is 17.9. The van der Waals surface area contributed by atoms with E-state index in [9.17, 15) is 29.1 Å². The summed E-state index contributed by atoms with van der Waals surface area (Å²) in [7, 11) is 0. The molecule has 0 spiro atoms. The lowest BCUT2D eigenvalue weighted by Crippen LogP contribution is -2.57. The Hall–Kier alpha value is -3.93. The highest BCUT2D eigenvalue weighted by atomic mass is 16.4. The number of primary amides is 1. The van der Waals surface area contributed by atoms with Gasteiger partial charge in [-0.05, 0) is 30.9 Å². The van der Waals surface area contributed by atoms with Crippen molar-refractivity contribution in [3.05, 3.63) is 36.0 Å². The predicted octanol–water partition coefficient (Wildman–Crippen LogP) is -0.0918. The summed E-state index contributed by atoms with van der Waals surface area (Å²) in [5.74, 6) is -4.04. The van der Waals surface area contributed by atoms with Crippen LogP contribution in [0.5, 0.6) is 0 Å². The highest BCUT2D eigenvalue weighted by Crippen LogP contribution is 2.19. The van der Waals surface area contributed by atoms with Gasteiger partial charge in [0.1, 0.15) is 18.1 Å². The summed E-state index contributed by atoms with van der Waals surface area (Å²) in [6.45, 7) is 5.19. The third-order valence-corrected chi connectivity index (χ3v) is 6.34. The topological polar surface area (TPSA) is 209 Å². The molecule has 12 heteroatoms. The maximum atomic E-state index is 13.2. The molecule has 0 saturated heterocycles. The number of carboxylic acid groups (broad SMARTS) is 1. The minimum atomic E-state index is -1.38. The van der Waals surface area contributed by atoms with Crippen LogP contribution >= 0.6 is 0 Å². The van der Waals surface area contributed by atoms with Crippen molar-refractivity contribution in [1.82, 2.24) is 20.9 Å². The van der Waals surface area contributed by atoms with Gasteiger partial charge in [0.2, 0.25) is 23.6 Å². The highest BCUT2D eigenvalue weighted by Gasteiger charge is 2.30. The second-order valence-electron chi connectivity index (χ2n) is 9.17. The van der Waals surface area contributed by atoms with E-state index in [2.05, 4.69) is 20.9 Å². The smallest absolute Gasteiger partial charge is 0.326 e. The van der Waals surface area contributed by atoms with Crippen LogP contribution < -0.4 is 27.4 Å². The Kier molecular flexibility index (Phi) is 10.6. The van der Waals surface area contributed by atoms with Crippen LogP contribution in [-0.4, -0.2) is 63.9 Å². The van der Waals surface area contributed by atoms with Gasteiger partial charge in [-0.25, -0.2) is 4.79 Å². The molecule has 0 fully saturated rings. The molecule has 12 nitrogen and oxygen atoms in total. The summed E-state index contributed by atoms with van der Waals surface area (Å²) in [6, 6.07) is 3.02. The average Bonchev–Trinajstić information content (AvgIpc) is 3.27. The molecule has 37 heavy (non-hydrogen) atoms. The zero-order chi connectivity index (χ0) is 27.7. The second kappa shape index (κ2) is 13.4. The minimum Gasteiger partial charge on any atom is -0.480 e. The number of fused-ring (bicyclic) bond motifs is 1. The first-order chi connectivity index (χ1) is 17.4. The van der Waals surface area contributed by atoms with Crippen molar-refractivity contribution in [2.45, 2.75) is 70.6 Å². The predicted molar refractivity (Wildman–Crippen MR) is 137 cm³/mol. The van der Waals surface area contributed by atoms with Crippen LogP contribution in [0, 0.1) is 5.92 Å². The summed E-state index contributed by atoms with van der Waals surface area (Å²) in [5.41, 5.74) is 12.6. The Labute approximate surface area is 214 Å². The van der Waals surface area contributed by atoms with E-state index in [1.165, 1.54) is 6.92 Å². The lowest BCUT2D eigenvalue weighted by atomic mass is 9.99. The summed E-state index contributed by atoms with van der Waals surface area (Å²) >= 11 is 0. The first-order valence-corrected chi connectivity index (χ1v) is 12.2. The molecule has 0 aliphatic heterocycles. The second-order valence-corrected chi connectivity index (χ2v) is 9.17. The SMILES string of the molecule is CCC(C)C(N)C(=O)NC(C)C(=O)NC(Cc1c[nH]c2ccccc12)C(=O)NC(CCC(N)=O)C(=O)O. The van der Waals surface area contributed by atoms with E-state index in [-0.39, 0.29) is 25.2 Å². The van der Waals surface area contributed by atoms with Crippen LogP contribution in [0.2, 0.25) is 0 Å². The van der Waals surface area contributed by atoms with Crippen LogP contribution in [0.4, 0.5) is 0 Å². The fourth-order valence-electron chi connectivity index (χ4n) is 3.73. The maximum absolute atomic E-state index is 13.2. The molecule has 1 aromatic carbocycles. The van der Waals surface area contributed by atoms with E-state index < -0.39 is 53.8 Å². The molecule has 1 heterocycles. The highest BCUT2D eigenvalue weighted by molar-refractivity contribution is 5.94. The summed E-state index contributed by atoms with van der Waals surface area (Å²) in [4.78, 5) is 64.4. The number of aliphatic carboxylic acids is 1. The number of nitrogens with two attached hydrogens (primary N) is 2. The van der Waals surface area contributed by atoms with Gasteiger partial charge in [-0.15, -0.1) is 0 Å². The van der Waals surface area contributed by atoms with Gasteiger partial charge in [0.05, 0.1) is 6.04 Å². The molecule has 9 N–H and O–H groups in total. The van der Waals surface area contributed by atoms with Crippen molar-refractivity contribution in [3.63, 3.8) is 0 Å². The van der Waals surface area contributed by atoms with Crippen molar-refractivity contribution in [1.29, 1.82) is 0 Å². The molecule has 5 unspecified atom stereocenters. The van der Waals surface area contributed by atoms with E-state index >= 15 is 0 Å². The number of hydrogen-bond acceptors (Lipinski definition) is 6. The average molecular weight is 517 g/mol. The Bertz CT molecular complexity index is 1130. The first kappa shape index (κ1) is 29.3. The number of H-pyrrole nitrogens is 1. The molecule has 5 atom stereocenters. The summed E-state index contributed by atoms with van der Waals surface area (Å²) < 4.78 is 0. The number of nitrogens with one attached hydrogen (secondary N) is 4. The number of aromatic nitrogens is 1. The van der Waals surface area contributed by atoms with E-state index in [1.54, 1.807) is 6.20 Å². The molecular formula is C25H36N6O6. The van der Waals surface area contributed by atoms with Crippen molar-refractivity contribution in [3.8, 4) is 0 Å². The third kappa shape index (κ3) is 8.31. The van der Waals surface area contributed by atoms with Gasteiger partial charge in [-0.3, -0.25) is 19.2 Å². The fourth-order valence-corrected chi connectivity index (χ4v) is 3.73. The molecule has 2 aromatic rings. The van der Waals surface area contributed by atoms with Gasteiger partial charge in [-0.2, -0.15) is 0 Å². The monoisotopic (exact) mass is 516 g/mol. The molecular weight excluding hydrogens is 480 g/mol. The van der Waals surface area contributed by atoms with Crippen molar-refractivity contribution in [2.75, 3.05) is 0 Å². The van der Waals surface area contributed by atoms with Gasteiger partial charge in [0.15, 0.2) is 0 Å². The molecule has 0 saturated carbocycles. The standard InChI is InChI=1S/C25H36N6O6/c1-4-13(2)21(27)24(35)29-14(3)22(33)31-19(11-15-12-28-17-8-6-5-7-16(15)17)23(34)30-18(25(36)37)9-10-20(26)32/h5-8,12-14,18-19,21,28H,4,9-11,27H2,1-3H3,(H2,26,32)(H,29,35)(H,30,34)(H,31,33)(H,36,37). The maximum Gasteiger partial charge on any atom is 0.326 e. The number of hydrogen-bond donors (Lipinski definition) is 7. The minimum absolute atomic E-state index is 0.0385. The lowest BCUT2D eigenvalue weighted by Gasteiger charge is -2.24. The Morgan fingerprint density at radius 3 is 2.24 bits per heavy atom. The third-order valence-electron chi connectivity index (χ3n) is 6.34. The molecule has 0 bridgehead atoms. The lowest BCUT2D eigenvalue weighted by molar-refractivity contribution is -0.142. The van der Waals surface area contributed by atoms with Gasteiger partial charge in [0.25, 0.3) is 0 Å². The molecule has 1 aromatic heterocycles. The van der Waals surface area contributed by atoms with Crippen LogP contribution in [-0.2, 0) is 30.4 Å². The van der Waals surface area contributed by atoms with Gasteiger partial charge >= 0.3 is 5.97 Å². The molecule has 202 valence electrons. The van der Waals surface area contributed by atoms with E-state index in [0.717, 1.165) is 16.5 Å². The Morgan fingerprint density at radius 2 is 1.62 bits per heavy atom. The van der Waals surface area contributed by atoms with Crippen molar-refractivity contribution < 1.29 is 29.1 Å². The largest absolute Gasteiger partial charge is 0.480 e. The number of carbonyl (C=O) groups excluding carboxylic acids is 4. The van der Waals surface area contributed by atoms with Crippen LogP contribution in [0.1, 0.15) is 45.6 Å². The Morgan fingerprint density at radius 1 is 0.973 bits per heavy atom. The van der Waals surface area contributed by atoms with E-state index in [0.29, 0.717) is 6.42 Å². The van der Waals surface area contributed by atoms with Gasteiger partial charge in [0, 0.05) is 29.9 Å². The van der Waals surface area contributed by atoms with E-state index in [1.807, 2.05) is 38.1 Å². The molecule has 0 aliphatic rings. The number of carboxylic acids is 1. The fraction of sp³-hybridized carbons (Fsp3) is 0.480. The molecule has 4 amide bonds. The number of para-hydroxylation sites is 1. The zero-order valence-corrected chi connectivity index (χ0v) is 21.2. The van der Waals surface area contributed by atoms with E-state index in [4.69, 9.17) is 11.5 Å². The first-order valence-electron chi connectivity index (χ1n) is 12.2. The number of amides is 4. The number of aromatic amines is 1. The number of rotatable bonds is 14. The molecule has 2 rings (SSSR count). The van der Waals surface area contributed by atoms with Crippen LogP contribution in [0.15, 0.2) is 30.5 Å². The molecule has 0 aliphatic carbocycles. The quantitative estimate of drug-likeness (QED) is 0.181. The Balaban J connectivity index is 2.22. The van der Waals surface area contributed by atoms with Crippen molar-refractivity contribution >= 4 is 40.5 Å². The van der Waals surface area contributed by atoms with Crippen LogP contribution in [0.25, 0.3) is 10.9 Å². The van der Waals surface area contributed by atoms with Gasteiger partial charge in [-0.1, -0.05) is 38.5 Å². The zero-order valence-electron chi connectivity index (χ0n) is 21.2. The summed E-state index contributed by atoms with van der Waals surface area (Å²) in [6.07, 6.45) is 1.98. The molecule has 0 radical (unpaired) electrons. The van der Waals surface area contributed by atoms with Crippen LogP contribution in [0.3, 0.4) is 0 Å². The normalized spacial score (nSPS) is 15.1. The van der Waals surface area contributed by atoms with Gasteiger partial charge < -0.3 is 37.5 Å². The van der Waals surface area contributed by atoms with Crippen molar-refractivity contribution in [2.24, 2.45) is 17.4 Å². The number of carbonyl (C=O) groups is 5.